The van der Waals surface area contributed by atoms with E-state index >= 15 is 0 Å². The van der Waals surface area contributed by atoms with Gasteiger partial charge in [-0.3, -0.25) is 4.79 Å². The summed E-state index contributed by atoms with van der Waals surface area (Å²) in [6, 6.07) is 5.91. The lowest BCUT2D eigenvalue weighted by Crippen LogP contribution is -2.44. The van der Waals surface area contributed by atoms with Crippen LogP contribution >= 0.6 is 24.0 Å². The number of nitrogens with one attached hydrogen (secondary N) is 1. The van der Waals surface area contributed by atoms with Gasteiger partial charge in [0.05, 0.1) is 17.6 Å². The summed E-state index contributed by atoms with van der Waals surface area (Å²) in [5.41, 5.74) is 1.84. The van der Waals surface area contributed by atoms with Crippen molar-refractivity contribution in [1.82, 2.24) is 5.32 Å². The maximum absolute atomic E-state index is 11.9. The van der Waals surface area contributed by atoms with Gasteiger partial charge in [0.2, 0.25) is 0 Å². The number of ether oxygens (including phenoxy) is 1. The molecule has 5 aliphatic rings. The molecule has 1 N–H and O–H groups in total. The molecule has 1 aliphatic heterocycles. The lowest BCUT2D eigenvalue weighted by Gasteiger charge is -2.52. The van der Waals surface area contributed by atoms with Gasteiger partial charge in [-0.15, -0.1) is 0 Å². The molecule has 0 unspecified atom stereocenters. The smallest absolute Gasteiger partial charge is 0.263 e. The minimum Gasteiger partial charge on any atom is -0.495 e. The number of amides is 1. The highest BCUT2D eigenvalue weighted by Gasteiger charge is 2.47. The summed E-state index contributed by atoms with van der Waals surface area (Å²) in [6.45, 7) is 0. The van der Waals surface area contributed by atoms with Gasteiger partial charge in [0, 0.05) is 5.92 Å². The van der Waals surface area contributed by atoms with Gasteiger partial charge in [-0.05, 0) is 79.5 Å². The second-order valence-corrected chi connectivity index (χ2v) is 10.3. The molecule has 6 rings (SSSR count). The van der Waals surface area contributed by atoms with Crippen LogP contribution in [0.3, 0.4) is 0 Å². The van der Waals surface area contributed by atoms with E-state index in [1.807, 2.05) is 24.3 Å². The Labute approximate surface area is 175 Å². The first-order valence-corrected chi connectivity index (χ1v) is 11.3. The zero-order chi connectivity index (χ0) is 19.3. The van der Waals surface area contributed by atoms with Crippen molar-refractivity contribution < 1.29 is 9.53 Å². The Bertz CT molecular complexity index is 912. The van der Waals surface area contributed by atoms with Crippen LogP contribution < -0.4 is 10.1 Å². The van der Waals surface area contributed by atoms with Gasteiger partial charge in [-0.1, -0.05) is 41.9 Å². The topological polar surface area (TPSA) is 38.3 Å². The molecule has 4 saturated carbocycles. The zero-order valence-electron chi connectivity index (χ0n) is 15.9. The average Bonchev–Trinajstić information content (AvgIpc) is 2.97. The van der Waals surface area contributed by atoms with Crippen molar-refractivity contribution in [1.29, 1.82) is 0 Å². The van der Waals surface area contributed by atoms with Crippen LogP contribution in [0.15, 0.2) is 23.1 Å². The van der Waals surface area contributed by atoms with Crippen molar-refractivity contribution >= 4 is 40.3 Å². The van der Waals surface area contributed by atoms with Crippen LogP contribution in [-0.2, 0) is 4.79 Å². The average molecular weight is 410 g/mol. The molecule has 1 saturated heterocycles. The van der Waals surface area contributed by atoms with E-state index < -0.39 is 0 Å². The highest BCUT2D eigenvalue weighted by molar-refractivity contribution is 8.26. The Morgan fingerprint density at radius 3 is 2.50 bits per heavy atom. The number of carbonyl (C=O) groups excluding carboxylic acids is 1. The first kappa shape index (κ1) is 18.3. The summed E-state index contributed by atoms with van der Waals surface area (Å²) < 4.78 is 6.04. The number of methoxy groups -OCH3 is 1. The number of rotatable bonds is 2. The van der Waals surface area contributed by atoms with Crippen LogP contribution in [0, 0.1) is 41.4 Å². The largest absolute Gasteiger partial charge is 0.495 e. The van der Waals surface area contributed by atoms with E-state index in [4.69, 9.17) is 17.0 Å². The van der Waals surface area contributed by atoms with Crippen LogP contribution in [0.4, 0.5) is 0 Å². The van der Waals surface area contributed by atoms with E-state index in [1.165, 1.54) is 43.9 Å². The number of thiocarbonyl (C=S) groups is 1. The van der Waals surface area contributed by atoms with Crippen LogP contribution in [0.5, 0.6) is 5.75 Å². The standard InChI is InChI=1S/C23H23NO2S2/c1-26-20-5-2-13(12-21-22(25)24-23(27)28-21)7-16(20)3-4-19-17-8-14-6-15(10-17)11-18(19)9-14/h2,5,7,12,14-15,17-19H,6,8-11H2,1H3,(H,24,25,27). The van der Waals surface area contributed by atoms with Crippen molar-refractivity contribution in [3.63, 3.8) is 0 Å². The molecule has 144 valence electrons. The third kappa shape index (κ3) is 3.38. The molecule has 28 heavy (non-hydrogen) atoms. The number of thioether (sulfide) groups is 1. The first-order valence-electron chi connectivity index (χ1n) is 10.0. The van der Waals surface area contributed by atoms with Crippen LogP contribution in [0.25, 0.3) is 6.08 Å². The molecule has 1 aromatic rings. The molecule has 1 amide bonds. The minimum atomic E-state index is -0.132. The number of hydrogen-bond acceptors (Lipinski definition) is 4. The van der Waals surface area contributed by atoms with E-state index in [9.17, 15) is 4.79 Å². The maximum Gasteiger partial charge on any atom is 0.263 e. The van der Waals surface area contributed by atoms with E-state index in [2.05, 4.69) is 17.2 Å². The fourth-order valence-corrected chi connectivity index (χ4v) is 6.85. The van der Waals surface area contributed by atoms with Gasteiger partial charge in [0.15, 0.2) is 0 Å². The maximum atomic E-state index is 11.9. The van der Waals surface area contributed by atoms with Crippen LogP contribution in [-0.4, -0.2) is 17.3 Å². The van der Waals surface area contributed by atoms with Crippen molar-refractivity contribution in [2.45, 2.75) is 32.1 Å². The first-order chi connectivity index (χ1) is 13.6. The number of hydrogen-bond donors (Lipinski definition) is 1. The third-order valence-electron chi connectivity index (χ3n) is 6.76. The Kier molecular flexibility index (Phi) is 4.72. The van der Waals surface area contributed by atoms with Crippen molar-refractivity contribution in [3.05, 3.63) is 34.2 Å². The molecular formula is C23H23NO2S2. The highest BCUT2D eigenvalue weighted by atomic mass is 32.2. The van der Waals surface area contributed by atoms with Crippen molar-refractivity contribution in [3.8, 4) is 17.6 Å². The quantitative estimate of drug-likeness (QED) is 0.440. The third-order valence-corrected chi connectivity index (χ3v) is 7.93. The second-order valence-electron chi connectivity index (χ2n) is 8.54. The van der Waals surface area contributed by atoms with Gasteiger partial charge >= 0.3 is 0 Å². The Balaban J connectivity index is 1.42. The van der Waals surface area contributed by atoms with E-state index in [0.717, 1.165) is 40.5 Å². The molecule has 5 heteroatoms. The minimum absolute atomic E-state index is 0.132. The van der Waals surface area contributed by atoms with Crippen LogP contribution in [0.1, 0.15) is 43.2 Å². The molecule has 0 atom stereocenters. The molecule has 0 radical (unpaired) electrons. The molecule has 1 heterocycles. The van der Waals surface area contributed by atoms with E-state index in [1.54, 1.807) is 7.11 Å². The molecule has 0 aromatic heterocycles. The number of carbonyl (C=O) groups is 1. The van der Waals surface area contributed by atoms with Gasteiger partial charge < -0.3 is 10.1 Å². The molecule has 3 nitrogen and oxygen atoms in total. The Morgan fingerprint density at radius 2 is 1.89 bits per heavy atom. The van der Waals surface area contributed by atoms with Gasteiger partial charge in [-0.25, -0.2) is 0 Å². The second kappa shape index (κ2) is 7.24. The Morgan fingerprint density at radius 1 is 1.18 bits per heavy atom. The number of benzene rings is 1. The normalized spacial score (nSPS) is 34.3. The summed E-state index contributed by atoms with van der Waals surface area (Å²) >= 11 is 6.37. The summed E-state index contributed by atoms with van der Waals surface area (Å²) in [6.07, 6.45) is 8.84. The summed E-state index contributed by atoms with van der Waals surface area (Å²) in [5, 5.41) is 2.66. The monoisotopic (exact) mass is 409 g/mol. The Hall–Kier alpha value is -1.77. The molecule has 5 fully saturated rings. The SMILES string of the molecule is COc1ccc(C=C2SC(=S)NC2=O)cc1C#CC1C2CC3CC(C2)CC1C3. The molecule has 1 aromatic carbocycles. The molecule has 0 spiro atoms. The fourth-order valence-electron chi connectivity index (χ4n) is 5.81. The predicted octanol–water partition coefficient (Wildman–Crippen LogP) is 4.61. The van der Waals surface area contributed by atoms with E-state index in [-0.39, 0.29) is 5.91 Å². The predicted molar refractivity (Wildman–Crippen MR) is 117 cm³/mol. The van der Waals surface area contributed by atoms with Crippen LogP contribution in [0.2, 0.25) is 0 Å². The van der Waals surface area contributed by atoms with Crippen molar-refractivity contribution in [2.75, 3.05) is 7.11 Å². The van der Waals surface area contributed by atoms with Gasteiger partial charge in [0.1, 0.15) is 10.1 Å². The summed E-state index contributed by atoms with van der Waals surface area (Å²) in [5.74, 6) is 11.8. The fraction of sp³-hybridized carbons (Fsp3) is 0.478. The molecule has 4 aliphatic carbocycles. The molecule has 4 bridgehead atoms. The van der Waals surface area contributed by atoms with Gasteiger partial charge in [-0.2, -0.15) is 0 Å². The summed E-state index contributed by atoms with van der Waals surface area (Å²) in [4.78, 5) is 12.6. The lowest BCUT2D eigenvalue weighted by atomic mass is 9.52. The lowest BCUT2D eigenvalue weighted by molar-refractivity contribution is -0.115. The summed E-state index contributed by atoms with van der Waals surface area (Å²) in [7, 11) is 1.68. The van der Waals surface area contributed by atoms with E-state index in [0.29, 0.717) is 15.1 Å². The zero-order valence-corrected chi connectivity index (χ0v) is 17.5. The highest BCUT2D eigenvalue weighted by Crippen LogP contribution is 2.56. The molecular weight excluding hydrogens is 386 g/mol. The van der Waals surface area contributed by atoms with Gasteiger partial charge in [0.25, 0.3) is 5.91 Å². The van der Waals surface area contributed by atoms with Crippen molar-refractivity contribution in [2.24, 2.45) is 29.6 Å².